The maximum atomic E-state index is 13.6. The Morgan fingerprint density at radius 2 is 1.34 bits per heavy atom. The van der Waals surface area contributed by atoms with Crippen LogP contribution in [0.25, 0.3) is 0 Å². The van der Waals surface area contributed by atoms with E-state index >= 15 is 0 Å². The lowest BCUT2D eigenvalue weighted by molar-refractivity contribution is -0.114. The van der Waals surface area contributed by atoms with Crippen molar-refractivity contribution in [3.63, 3.8) is 0 Å². The van der Waals surface area contributed by atoms with Crippen LogP contribution in [0.3, 0.4) is 0 Å². The minimum atomic E-state index is -4.11. The third-order valence-electron chi connectivity index (χ3n) is 6.33. The summed E-state index contributed by atoms with van der Waals surface area (Å²) in [5, 5.41) is 2.66. The molecule has 0 aliphatic carbocycles. The quantitative estimate of drug-likeness (QED) is 0.259. The predicted molar refractivity (Wildman–Crippen MR) is 161 cm³/mol. The number of nitrogens with zero attached hydrogens (tertiary/aromatic N) is 1. The number of hydrogen-bond donors (Lipinski definition) is 2. The summed E-state index contributed by atoms with van der Waals surface area (Å²) in [6.07, 6.45) is 0. The number of carbonyl (C=O) groups is 1. The van der Waals surface area contributed by atoms with Crippen molar-refractivity contribution in [2.75, 3.05) is 28.0 Å². The van der Waals surface area contributed by atoms with E-state index in [9.17, 15) is 21.6 Å². The van der Waals surface area contributed by atoms with E-state index in [0.29, 0.717) is 22.8 Å². The fraction of sp³-hybridized carbons (Fsp3) is 0.167. The Labute approximate surface area is 240 Å². The molecule has 0 atom stereocenters. The number of benzene rings is 4. The second-order valence-corrected chi connectivity index (χ2v) is 13.1. The number of aryl methyl sites for hydroxylation is 3. The molecule has 0 fully saturated rings. The van der Waals surface area contributed by atoms with Gasteiger partial charge in [-0.15, -0.1) is 0 Å². The van der Waals surface area contributed by atoms with Gasteiger partial charge >= 0.3 is 0 Å². The molecule has 0 saturated carbocycles. The smallest absolute Gasteiger partial charge is 0.264 e. The van der Waals surface area contributed by atoms with Gasteiger partial charge in [0.05, 0.1) is 28.3 Å². The molecule has 41 heavy (non-hydrogen) atoms. The van der Waals surface area contributed by atoms with Crippen molar-refractivity contribution in [3.05, 3.63) is 108 Å². The molecule has 11 heteroatoms. The maximum Gasteiger partial charge on any atom is 0.264 e. The van der Waals surface area contributed by atoms with Crippen molar-refractivity contribution in [3.8, 4) is 5.75 Å². The van der Waals surface area contributed by atoms with E-state index in [4.69, 9.17) is 4.74 Å². The number of anilines is 3. The lowest BCUT2D eigenvalue weighted by atomic mass is 10.1. The molecule has 0 aromatic heterocycles. The van der Waals surface area contributed by atoms with Gasteiger partial charge < -0.3 is 10.1 Å². The minimum absolute atomic E-state index is 0.00227. The van der Waals surface area contributed by atoms with Gasteiger partial charge in [-0.05, 0) is 93.1 Å². The molecule has 9 nitrogen and oxygen atoms in total. The third-order valence-corrected chi connectivity index (χ3v) is 9.50. The molecule has 0 aliphatic heterocycles. The van der Waals surface area contributed by atoms with E-state index in [0.717, 1.165) is 21.0 Å². The van der Waals surface area contributed by atoms with Crippen molar-refractivity contribution < 1.29 is 26.4 Å². The van der Waals surface area contributed by atoms with E-state index in [-0.39, 0.29) is 9.79 Å². The minimum Gasteiger partial charge on any atom is -0.497 e. The summed E-state index contributed by atoms with van der Waals surface area (Å²) in [4.78, 5) is 13.1. The molecule has 4 aromatic carbocycles. The largest absolute Gasteiger partial charge is 0.497 e. The van der Waals surface area contributed by atoms with Crippen LogP contribution in [0.4, 0.5) is 17.1 Å². The molecule has 0 spiro atoms. The van der Waals surface area contributed by atoms with Crippen LogP contribution in [0.15, 0.2) is 101 Å². The average Bonchev–Trinajstić information content (AvgIpc) is 2.94. The van der Waals surface area contributed by atoms with Crippen LogP contribution in [0.5, 0.6) is 5.75 Å². The van der Waals surface area contributed by atoms with Gasteiger partial charge in [0, 0.05) is 5.69 Å². The summed E-state index contributed by atoms with van der Waals surface area (Å²) in [7, 11) is -6.50. The molecule has 4 aromatic rings. The van der Waals surface area contributed by atoms with Crippen LogP contribution in [-0.4, -0.2) is 36.4 Å². The molecular weight excluding hydrogens is 562 g/mol. The Hall–Kier alpha value is -4.35. The summed E-state index contributed by atoms with van der Waals surface area (Å²) < 4.78 is 61.7. The molecule has 0 saturated heterocycles. The van der Waals surface area contributed by atoms with Crippen LogP contribution in [0.2, 0.25) is 0 Å². The Bertz CT molecular complexity index is 1750. The van der Waals surface area contributed by atoms with Gasteiger partial charge in [0.1, 0.15) is 12.3 Å². The number of ether oxygens (including phenoxy) is 1. The first-order chi connectivity index (χ1) is 19.4. The monoisotopic (exact) mass is 593 g/mol. The highest BCUT2D eigenvalue weighted by Crippen LogP contribution is 2.26. The second-order valence-electron chi connectivity index (χ2n) is 9.52. The van der Waals surface area contributed by atoms with Gasteiger partial charge in [-0.25, -0.2) is 16.8 Å². The van der Waals surface area contributed by atoms with Crippen LogP contribution < -0.4 is 19.1 Å². The van der Waals surface area contributed by atoms with E-state index in [1.807, 2.05) is 32.9 Å². The molecule has 0 heterocycles. The Kier molecular flexibility index (Phi) is 8.69. The number of carbonyl (C=O) groups excluding carboxylic acids is 1. The number of rotatable bonds is 10. The highest BCUT2D eigenvalue weighted by Gasteiger charge is 2.27. The van der Waals surface area contributed by atoms with Crippen LogP contribution in [0.1, 0.15) is 16.7 Å². The molecule has 0 aliphatic rings. The van der Waals surface area contributed by atoms with Gasteiger partial charge in [0.25, 0.3) is 20.0 Å². The molecule has 0 radical (unpaired) electrons. The molecular formula is C30H31N3O6S2. The Balaban J connectivity index is 1.53. The van der Waals surface area contributed by atoms with Crippen LogP contribution in [-0.2, 0) is 24.8 Å². The summed E-state index contributed by atoms with van der Waals surface area (Å²) in [5.74, 6) is -0.107. The molecule has 0 bridgehead atoms. The highest BCUT2D eigenvalue weighted by molar-refractivity contribution is 7.93. The zero-order chi connectivity index (χ0) is 29.8. The first kappa shape index (κ1) is 29.6. The van der Waals surface area contributed by atoms with Gasteiger partial charge in [-0.2, -0.15) is 0 Å². The van der Waals surface area contributed by atoms with Gasteiger partial charge in [-0.3, -0.25) is 13.8 Å². The SMILES string of the molecule is COc1ccc(S(=O)(=O)N(CC(=O)Nc2ccc(S(=O)(=O)Nc3ccc(C)cc3C)cc2)c2ccc(C)cc2)cc1. The normalized spacial score (nSPS) is 11.5. The number of hydrogen-bond acceptors (Lipinski definition) is 6. The fourth-order valence-corrected chi connectivity index (χ4v) is 6.63. The zero-order valence-electron chi connectivity index (χ0n) is 23.1. The van der Waals surface area contributed by atoms with Crippen molar-refractivity contribution in [2.24, 2.45) is 0 Å². The van der Waals surface area contributed by atoms with Crippen molar-refractivity contribution in [1.82, 2.24) is 0 Å². The average molecular weight is 594 g/mol. The number of methoxy groups -OCH3 is 1. The maximum absolute atomic E-state index is 13.6. The standard InChI is InChI=1S/C30H31N3O6S2/c1-21-5-10-25(11-6-21)33(41(37,38)28-16-12-26(39-4)13-17-28)20-30(34)31-24-8-14-27(15-9-24)40(35,36)32-29-18-7-22(2)19-23(29)3/h5-19,32H,20H2,1-4H3,(H,31,34). The van der Waals surface area contributed by atoms with Crippen LogP contribution >= 0.6 is 0 Å². The second kappa shape index (κ2) is 12.0. The zero-order valence-corrected chi connectivity index (χ0v) is 24.7. The molecule has 214 valence electrons. The lowest BCUT2D eigenvalue weighted by Crippen LogP contribution is -2.38. The first-order valence-electron chi connectivity index (χ1n) is 12.6. The van der Waals surface area contributed by atoms with Crippen molar-refractivity contribution in [1.29, 1.82) is 0 Å². The van der Waals surface area contributed by atoms with Crippen molar-refractivity contribution >= 4 is 43.0 Å². The van der Waals surface area contributed by atoms with Crippen molar-refractivity contribution in [2.45, 2.75) is 30.6 Å². The molecule has 1 amide bonds. The Morgan fingerprint density at radius 3 is 1.93 bits per heavy atom. The van der Waals surface area contributed by atoms with E-state index in [1.165, 1.54) is 55.6 Å². The summed E-state index contributed by atoms with van der Waals surface area (Å²) in [6.45, 7) is 5.11. The third kappa shape index (κ3) is 7.05. The van der Waals surface area contributed by atoms with E-state index in [2.05, 4.69) is 10.0 Å². The summed E-state index contributed by atoms with van der Waals surface area (Å²) in [5.41, 5.74) is 3.85. The molecule has 2 N–H and O–H groups in total. The highest BCUT2D eigenvalue weighted by atomic mass is 32.2. The number of nitrogens with one attached hydrogen (secondary N) is 2. The Morgan fingerprint density at radius 1 is 0.756 bits per heavy atom. The molecule has 4 rings (SSSR count). The van der Waals surface area contributed by atoms with Gasteiger partial charge in [-0.1, -0.05) is 35.4 Å². The summed E-state index contributed by atoms with van der Waals surface area (Å²) in [6, 6.07) is 23.7. The number of sulfonamides is 2. The lowest BCUT2D eigenvalue weighted by Gasteiger charge is -2.24. The van der Waals surface area contributed by atoms with E-state index < -0.39 is 32.5 Å². The summed E-state index contributed by atoms with van der Waals surface area (Å²) >= 11 is 0. The fourth-order valence-electron chi connectivity index (χ4n) is 4.08. The van der Waals surface area contributed by atoms with E-state index in [1.54, 1.807) is 30.3 Å². The number of amides is 1. The van der Waals surface area contributed by atoms with Gasteiger partial charge in [0.2, 0.25) is 5.91 Å². The first-order valence-corrected chi connectivity index (χ1v) is 15.5. The predicted octanol–water partition coefficient (Wildman–Crippen LogP) is 5.26. The van der Waals surface area contributed by atoms with Crippen LogP contribution in [0, 0.1) is 20.8 Å². The topological polar surface area (TPSA) is 122 Å². The molecule has 0 unspecified atom stereocenters. The van der Waals surface area contributed by atoms with Gasteiger partial charge in [0.15, 0.2) is 0 Å².